The van der Waals surface area contributed by atoms with Crippen LogP contribution in [0.2, 0.25) is 0 Å². The molecule has 0 bridgehead atoms. The van der Waals surface area contributed by atoms with E-state index >= 15 is 0 Å². The van der Waals surface area contributed by atoms with Gasteiger partial charge in [0.25, 0.3) is 5.91 Å². The molecular weight excluding hydrogens is 218 g/mol. The number of nitrogens with two attached hydrogens (primary N) is 2. The number of primary amides is 1. The van der Waals surface area contributed by atoms with E-state index in [9.17, 15) is 9.59 Å². The summed E-state index contributed by atoms with van der Waals surface area (Å²) < 4.78 is 0. The molecule has 1 aromatic rings. The lowest BCUT2D eigenvalue weighted by Crippen LogP contribution is -2.43. The van der Waals surface area contributed by atoms with Gasteiger partial charge in [0.15, 0.2) is 0 Å². The zero-order valence-corrected chi connectivity index (χ0v) is 9.43. The summed E-state index contributed by atoms with van der Waals surface area (Å²) in [6.07, 6.45) is 1.45. The Morgan fingerprint density at radius 3 is 2.76 bits per heavy atom. The van der Waals surface area contributed by atoms with Gasteiger partial charge in [-0.05, 0) is 31.0 Å². The molecule has 5 heteroatoms. The summed E-state index contributed by atoms with van der Waals surface area (Å²) in [6.45, 7) is 0.571. The van der Waals surface area contributed by atoms with Crippen molar-refractivity contribution in [2.75, 3.05) is 12.3 Å². The van der Waals surface area contributed by atoms with E-state index in [-0.39, 0.29) is 5.91 Å². The molecule has 0 unspecified atom stereocenters. The number of carbonyl (C=O) groups excluding carboxylic acids is 2. The van der Waals surface area contributed by atoms with E-state index in [4.69, 9.17) is 11.5 Å². The Balaban J connectivity index is 2.23. The summed E-state index contributed by atoms with van der Waals surface area (Å²) in [6, 6.07) is 6.25. The summed E-state index contributed by atoms with van der Waals surface area (Å²) in [7, 11) is 0. The molecular formula is C12H15N3O2. The van der Waals surface area contributed by atoms with Gasteiger partial charge in [0.1, 0.15) is 6.04 Å². The molecule has 0 aliphatic carbocycles. The molecule has 0 spiro atoms. The van der Waals surface area contributed by atoms with E-state index in [1.54, 1.807) is 24.3 Å². The van der Waals surface area contributed by atoms with Gasteiger partial charge in [-0.2, -0.15) is 0 Å². The highest BCUT2D eigenvalue weighted by atomic mass is 16.2. The average molecular weight is 233 g/mol. The van der Waals surface area contributed by atoms with Crippen molar-refractivity contribution in [2.45, 2.75) is 18.9 Å². The number of hydrogen-bond donors (Lipinski definition) is 2. The van der Waals surface area contributed by atoms with Gasteiger partial charge in [0.05, 0.1) is 0 Å². The van der Waals surface area contributed by atoms with Gasteiger partial charge in [0, 0.05) is 17.8 Å². The first-order valence-electron chi connectivity index (χ1n) is 5.55. The number of nitrogen functional groups attached to an aromatic ring is 1. The van der Waals surface area contributed by atoms with Gasteiger partial charge in [-0.3, -0.25) is 9.59 Å². The van der Waals surface area contributed by atoms with E-state index < -0.39 is 11.9 Å². The van der Waals surface area contributed by atoms with Crippen molar-refractivity contribution < 1.29 is 9.59 Å². The number of rotatable bonds is 2. The van der Waals surface area contributed by atoms with Crippen LogP contribution in [0.25, 0.3) is 0 Å². The zero-order chi connectivity index (χ0) is 12.4. The Bertz CT molecular complexity index is 459. The van der Waals surface area contributed by atoms with Crippen molar-refractivity contribution >= 4 is 17.5 Å². The molecule has 2 rings (SSSR count). The molecule has 17 heavy (non-hydrogen) atoms. The van der Waals surface area contributed by atoms with Crippen molar-refractivity contribution in [3.8, 4) is 0 Å². The standard InChI is InChI=1S/C12H15N3O2/c13-9-4-1-3-8(7-9)12(17)15-6-2-5-10(15)11(14)16/h1,3-4,7,10H,2,5-6,13H2,(H2,14,16)/t10-/m1/s1. The molecule has 1 heterocycles. The van der Waals surface area contributed by atoms with E-state index in [1.807, 2.05) is 0 Å². The summed E-state index contributed by atoms with van der Waals surface area (Å²) in [5.41, 5.74) is 11.9. The number of benzene rings is 1. The van der Waals surface area contributed by atoms with Crippen LogP contribution in [-0.2, 0) is 4.79 Å². The van der Waals surface area contributed by atoms with Crippen LogP contribution in [0.3, 0.4) is 0 Å². The van der Waals surface area contributed by atoms with Crippen LogP contribution >= 0.6 is 0 Å². The highest BCUT2D eigenvalue weighted by molar-refractivity contribution is 5.98. The smallest absolute Gasteiger partial charge is 0.254 e. The largest absolute Gasteiger partial charge is 0.399 e. The lowest BCUT2D eigenvalue weighted by atomic mass is 10.1. The fraction of sp³-hybridized carbons (Fsp3) is 0.333. The van der Waals surface area contributed by atoms with Crippen LogP contribution in [0.4, 0.5) is 5.69 Å². The number of hydrogen-bond acceptors (Lipinski definition) is 3. The Morgan fingerprint density at radius 2 is 2.12 bits per heavy atom. The fourth-order valence-electron chi connectivity index (χ4n) is 2.14. The first kappa shape index (κ1) is 11.4. The quantitative estimate of drug-likeness (QED) is 0.723. The fourth-order valence-corrected chi connectivity index (χ4v) is 2.14. The van der Waals surface area contributed by atoms with Gasteiger partial charge in [-0.15, -0.1) is 0 Å². The lowest BCUT2D eigenvalue weighted by molar-refractivity contribution is -0.121. The zero-order valence-electron chi connectivity index (χ0n) is 9.43. The lowest BCUT2D eigenvalue weighted by Gasteiger charge is -2.22. The molecule has 1 fully saturated rings. The molecule has 0 aromatic heterocycles. The minimum atomic E-state index is -0.482. The number of amides is 2. The molecule has 2 amide bonds. The molecule has 1 aliphatic heterocycles. The summed E-state index contributed by atoms with van der Waals surface area (Å²) in [5, 5.41) is 0. The molecule has 0 radical (unpaired) electrons. The van der Waals surface area contributed by atoms with Crippen molar-refractivity contribution in [3.63, 3.8) is 0 Å². The second-order valence-corrected chi connectivity index (χ2v) is 4.18. The third-order valence-electron chi connectivity index (χ3n) is 2.98. The molecule has 90 valence electrons. The minimum absolute atomic E-state index is 0.182. The molecule has 1 atom stereocenters. The van der Waals surface area contributed by atoms with Gasteiger partial charge < -0.3 is 16.4 Å². The predicted octanol–water partition coefficient (Wildman–Crippen LogP) is 0.359. The summed E-state index contributed by atoms with van der Waals surface area (Å²) in [4.78, 5) is 24.9. The van der Waals surface area contributed by atoms with E-state index in [0.717, 1.165) is 6.42 Å². The molecule has 0 saturated carbocycles. The third kappa shape index (κ3) is 2.22. The highest BCUT2D eigenvalue weighted by Crippen LogP contribution is 2.20. The van der Waals surface area contributed by atoms with Crippen LogP contribution in [0.5, 0.6) is 0 Å². The molecule has 5 nitrogen and oxygen atoms in total. The molecule has 4 N–H and O–H groups in total. The van der Waals surface area contributed by atoms with Gasteiger partial charge in [-0.1, -0.05) is 6.07 Å². The summed E-state index contributed by atoms with van der Waals surface area (Å²) >= 11 is 0. The first-order chi connectivity index (χ1) is 8.09. The van der Waals surface area contributed by atoms with Crippen LogP contribution in [0, 0.1) is 0 Å². The SMILES string of the molecule is NC(=O)[C@H]1CCCN1C(=O)c1cccc(N)c1. The maximum absolute atomic E-state index is 12.2. The third-order valence-corrected chi connectivity index (χ3v) is 2.98. The maximum atomic E-state index is 12.2. The molecule has 1 saturated heterocycles. The number of likely N-dealkylation sites (tertiary alicyclic amines) is 1. The van der Waals surface area contributed by atoms with E-state index in [2.05, 4.69) is 0 Å². The van der Waals surface area contributed by atoms with Crippen LogP contribution in [0.15, 0.2) is 24.3 Å². The maximum Gasteiger partial charge on any atom is 0.254 e. The first-order valence-corrected chi connectivity index (χ1v) is 5.55. The Kier molecular flexibility index (Phi) is 2.99. The Morgan fingerprint density at radius 1 is 1.35 bits per heavy atom. The van der Waals surface area contributed by atoms with Crippen molar-refractivity contribution in [1.29, 1.82) is 0 Å². The average Bonchev–Trinajstić information content (AvgIpc) is 2.77. The van der Waals surface area contributed by atoms with Crippen LogP contribution < -0.4 is 11.5 Å². The normalized spacial score (nSPS) is 19.3. The summed E-state index contributed by atoms with van der Waals surface area (Å²) in [5.74, 6) is -0.627. The van der Waals surface area contributed by atoms with Crippen LogP contribution in [-0.4, -0.2) is 29.3 Å². The minimum Gasteiger partial charge on any atom is -0.399 e. The number of anilines is 1. The van der Waals surface area contributed by atoms with Crippen molar-refractivity contribution in [3.05, 3.63) is 29.8 Å². The monoisotopic (exact) mass is 233 g/mol. The topological polar surface area (TPSA) is 89.4 Å². The Hall–Kier alpha value is -2.04. The van der Waals surface area contributed by atoms with Gasteiger partial charge in [-0.25, -0.2) is 0 Å². The molecule has 1 aromatic carbocycles. The van der Waals surface area contributed by atoms with E-state index in [0.29, 0.717) is 24.2 Å². The van der Waals surface area contributed by atoms with Gasteiger partial charge >= 0.3 is 0 Å². The number of carbonyl (C=O) groups is 2. The second kappa shape index (κ2) is 4.45. The second-order valence-electron chi connectivity index (χ2n) is 4.18. The highest BCUT2D eigenvalue weighted by Gasteiger charge is 2.32. The van der Waals surface area contributed by atoms with Gasteiger partial charge in [0.2, 0.25) is 5.91 Å². The van der Waals surface area contributed by atoms with Crippen molar-refractivity contribution in [1.82, 2.24) is 4.90 Å². The van der Waals surface area contributed by atoms with Crippen LogP contribution in [0.1, 0.15) is 23.2 Å². The molecule has 1 aliphatic rings. The Labute approximate surface area is 99.4 Å². The van der Waals surface area contributed by atoms with E-state index in [1.165, 1.54) is 4.90 Å². The van der Waals surface area contributed by atoms with Crippen molar-refractivity contribution in [2.24, 2.45) is 5.73 Å². The number of nitrogens with zero attached hydrogens (tertiary/aromatic N) is 1. The predicted molar refractivity (Wildman–Crippen MR) is 64.1 cm³/mol.